The number of piperidine rings is 1. The maximum absolute atomic E-state index is 17.2. The summed E-state index contributed by atoms with van der Waals surface area (Å²) in [5, 5.41) is 11.6. The SMILES string of the molecule is CC1(C)Cc2nc(C3CCN(c4ncc(OCCC[SH](=O)=O)cn4)CC3)c(C(F)c3ccc(C(F)(F)F)cc3)c(C3CCC(F)(F)CC3)c2C(O)C1. The van der Waals surface area contributed by atoms with Gasteiger partial charge in [0.1, 0.15) is 10.7 Å². The van der Waals surface area contributed by atoms with E-state index >= 15 is 4.39 Å². The highest BCUT2D eigenvalue weighted by Gasteiger charge is 2.44. The molecule has 8 nitrogen and oxygen atoms in total. The first-order valence-corrected chi connectivity index (χ1v) is 19.1. The molecule has 0 amide bonds. The van der Waals surface area contributed by atoms with Crippen LogP contribution in [0.15, 0.2) is 36.7 Å². The Balaban J connectivity index is 1.35. The van der Waals surface area contributed by atoms with E-state index in [0.717, 1.165) is 24.3 Å². The molecule has 1 aromatic carbocycles. The summed E-state index contributed by atoms with van der Waals surface area (Å²) in [6.07, 6.45) is -2.84. The number of rotatable bonds is 10. The van der Waals surface area contributed by atoms with Gasteiger partial charge in [-0.1, -0.05) is 26.0 Å². The quantitative estimate of drug-likeness (QED) is 0.122. The third-order valence-corrected chi connectivity index (χ3v) is 11.3. The van der Waals surface area contributed by atoms with Crippen LogP contribution in [0.2, 0.25) is 0 Å². The van der Waals surface area contributed by atoms with Gasteiger partial charge in [0.05, 0.1) is 42.1 Å². The maximum atomic E-state index is 17.2. The fourth-order valence-electron chi connectivity index (χ4n) is 8.00. The Morgan fingerprint density at radius 3 is 2.21 bits per heavy atom. The van der Waals surface area contributed by atoms with Gasteiger partial charge in [0.15, 0.2) is 11.9 Å². The zero-order chi connectivity index (χ0) is 37.4. The van der Waals surface area contributed by atoms with Crippen molar-refractivity contribution in [3.8, 4) is 5.75 Å². The van der Waals surface area contributed by atoms with Crippen molar-refractivity contribution >= 4 is 16.7 Å². The van der Waals surface area contributed by atoms with E-state index in [9.17, 15) is 35.5 Å². The average Bonchev–Trinajstić information content (AvgIpc) is 3.08. The lowest BCUT2D eigenvalue weighted by Crippen LogP contribution is -2.36. The molecule has 3 aliphatic rings. The van der Waals surface area contributed by atoms with Crippen molar-refractivity contribution < 1.29 is 44.6 Å². The van der Waals surface area contributed by atoms with E-state index in [-0.39, 0.29) is 60.5 Å². The van der Waals surface area contributed by atoms with Gasteiger partial charge >= 0.3 is 6.18 Å². The Hall–Kier alpha value is -3.46. The molecule has 1 saturated heterocycles. The Morgan fingerprint density at radius 2 is 1.62 bits per heavy atom. The Morgan fingerprint density at radius 1 is 0.981 bits per heavy atom. The molecule has 3 heterocycles. The number of nitrogens with zero attached hydrogens (tertiary/aromatic N) is 4. The zero-order valence-corrected chi connectivity index (χ0v) is 30.0. The summed E-state index contributed by atoms with van der Waals surface area (Å²) in [6.45, 7) is 5.19. The normalized spacial score (nSPS) is 21.6. The monoisotopic (exact) mass is 754 g/mol. The molecule has 0 bridgehead atoms. The molecular formula is C37H44F6N4O4S. The van der Waals surface area contributed by atoms with Crippen LogP contribution in [-0.4, -0.2) is 59.8 Å². The Kier molecular flexibility index (Phi) is 11.1. The number of halogens is 6. The highest BCUT2D eigenvalue weighted by molar-refractivity contribution is 7.72. The lowest BCUT2D eigenvalue weighted by Gasteiger charge is -2.41. The fraction of sp³-hybridized carbons (Fsp3) is 0.595. The van der Waals surface area contributed by atoms with Gasteiger partial charge in [-0.15, -0.1) is 0 Å². The number of pyridine rings is 1. The molecule has 1 saturated carbocycles. The van der Waals surface area contributed by atoms with E-state index < -0.39 is 46.6 Å². The van der Waals surface area contributed by atoms with E-state index in [4.69, 9.17) is 9.72 Å². The van der Waals surface area contributed by atoms with Gasteiger partial charge in [0, 0.05) is 48.7 Å². The molecule has 2 aromatic heterocycles. The lowest BCUT2D eigenvalue weighted by atomic mass is 9.68. The smallest absolute Gasteiger partial charge is 0.416 e. The van der Waals surface area contributed by atoms with Crippen molar-refractivity contribution in [1.82, 2.24) is 15.0 Å². The van der Waals surface area contributed by atoms with Crippen LogP contribution < -0.4 is 9.64 Å². The molecule has 0 radical (unpaired) electrons. The minimum absolute atomic E-state index is 0.000922. The first kappa shape index (κ1) is 38.3. The van der Waals surface area contributed by atoms with E-state index in [1.807, 2.05) is 18.7 Å². The van der Waals surface area contributed by atoms with Crippen LogP contribution in [0.25, 0.3) is 0 Å². The average molecular weight is 755 g/mol. The van der Waals surface area contributed by atoms with Crippen molar-refractivity contribution in [3.63, 3.8) is 0 Å². The van der Waals surface area contributed by atoms with Gasteiger partial charge in [0.25, 0.3) is 0 Å². The fourth-order valence-corrected chi connectivity index (χ4v) is 8.39. The van der Waals surface area contributed by atoms with Crippen molar-refractivity contribution in [3.05, 3.63) is 75.9 Å². The molecule has 52 heavy (non-hydrogen) atoms. The van der Waals surface area contributed by atoms with E-state index in [2.05, 4.69) is 9.97 Å². The van der Waals surface area contributed by atoms with Gasteiger partial charge in [-0.3, -0.25) is 4.98 Å². The summed E-state index contributed by atoms with van der Waals surface area (Å²) in [4.78, 5) is 15.9. The number of fused-ring (bicyclic) bond motifs is 1. The maximum Gasteiger partial charge on any atom is 0.416 e. The second-order valence-corrected chi connectivity index (χ2v) is 16.2. The third-order valence-electron chi connectivity index (χ3n) is 10.6. The molecule has 2 aliphatic carbocycles. The number of alkyl halides is 6. The predicted octanol–water partition coefficient (Wildman–Crippen LogP) is 8.01. The molecule has 0 spiro atoms. The molecule has 15 heteroatoms. The summed E-state index contributed by atoms with van der Waals surface area (Å²) in [5.74, 6) is -2.73. The number of thiol groups is 1. The number of benzene rings is 1. The van der Waals surface area contributed by atoms with Gasteiger partial charge in [-0.05, 0) is 79.5 Å². The predicted molar refractivity (Wildman–Crippen MR) is 183 cm³/mol. The summed E-state index contributed by atoms with van der Waals surface area (Å²) in [7, 11) is -2.48. The molecule has 1 aliphatic heterocycles. The molecule has 2 unspecified atom stereocenters. The van der Waals surface area contributed by atoms with Crippen LogP contribution in [0.3, 0.4) is 0 Å². The van der Waals surface area contributed by atoms with Crippen molar-refractivity contribution in [1.29, 1.82) is 0 Å². The molecular weight excluding hydrogens is 710 g/mol. The Labute approximate surface area is 301 Å². The van der Waals surface area contributed by atoms with Crippen LogP contribution in [0.4, 0.5) is 32.3 Å². The summed E-state index contributed by atoms with van der Waals surface area (Å²) in [6, 6.07) is 3.92. The molecule has 284 valence electrons. The number of ether oxygens (including phenoxy) is 1. The van der Waals surface area contributed by atoms with E-state index in [0.29, 0.717) is 79.4 Å². The second kappa shape index (κ2) is 15.1. The highest BCUT2D eigenvalue weighted by Crippen LogP contribution is 2.52. The van der Waals surface area contributed by atoms with Crippen molar-refractivity contribution in [2.45, 2.75) is 108 Å². The molecule has 2 fully saturated rings. The Bertz CT molecular complexity index is 1780. The van der Waals surface area contributed by atoms with Gasteiger partial charge < -0.3 is 14.7 Å². The minimum atomic E-state index is -4.61. The first-order valence-electron chi connectivity index (χ1n) is 17.8. The minimum Gasteiger partial charge on any atom is -0.490 e. The summed E-state index contributed by atoms with van der Waals surface area (Å²) in [5.41, 5.74) is 1.01. The van der Waals surface area contributed by atoms with Gasteiger partial charge in [-0.25, -0.2) is 31.6 Å². The van der Waals surface area contributed by atoms with Crippen LogP contribution >= 0.6 is 0 Å². The van der Waals surface area contributed by atoms with Crippen LogP contribution in [-0.2, 0) is 23.3 Å². The number of aliphatic hydroxyl groups is 1. The number of aromatic nitrogens is 3. The second-order valence-electron chi connectivity index (χ2n) is 15.1. The van der Waals surface area contributed by atoms with Gasteiger partial charge in [0.2, 0.25) is 11.9 Å². The number of hydrogen-bond donors (Lipinski definition) is 2. The number of anilines is 1. The lowest BCUT2D eigenvalue weighted by molar-refractivity contribution is -0.137. The van der Waals surface area contributed by atoms with Crippen LogP contribution in [0.1, 0.15) is 129 Å². The third kappa shape index (κ3) is 8.67. The molecule has 2 atom stereocenters. The topological polar surface area (TPSA) is 106 Å². The van der Waals surface area contributed by atoms with Crippen molar-refractivity contribution in [2.24, 2.45) is 5.41 Å². The van der Waals surface area contributed by atoms with E-state index in [1.54, 1.807) is 0 Å². The van der Waals surface area contributed by atoms with Gasteiger partial charge in [-0.2, -0.15) is 13.2 Å². The zero-order valence-electron chi connectivity index (χ0n) is 29.1. The largest absolute Gasteiger partial charge is 0.490 e. The summed E-state index contributed by atoms with van der Waals surface area (Å²) >= 11 is 0. The standard InChI is InChI=1S/C37H44F6N4O4S/c1-35(2)18-27-30(28(48)19-35)29(22-8-12-36(39,40)13-9-22)31(32(38)23-4-6-25(7-5-23)37(41,42)43)33(46-27)24-10-14-47(15-11-24)34-44-20-26(21-45-34)51-16-3-17-52(49)50/h4-7,20-22,24,28,32,48,52H,3,8-19H2,1-2H3. The molecule has 6 rings (SSSR count). The number of hydrogen-bond acceptors (Lipinski definition) is 8. The molecule has 1 N–H and O–H groups in total. The van der Waals surface area contributed by atoms with E-state index in [1.165, 1.54) is 12.4 Å². The van der Waals surface area contributed by atoms with Crippen molar-refractivity contribution in [2.75, 3.05) is 30.3 Å². The first-order chi connectivity index (χ1) is 24.5. The van der Waals surface area contributed by atoms with Crippen LogP contribution in [0, 0.1) is 5.41 Å². The molecule has 3 aromatic rings. The van der Waals surface area contributed by atoms with Crippen LogP contribution in [0.5, 0.6) is 5.75 Å². The highest BCUT2D eigenvalue weighted by atomic mass is 32.2. The summed E-state index contributed by atoms with van der Waals surface area (Å²) < 4.78 is 114. The number of aliphatic hydroxyl groups excluding tert-OH is 1.